The molecule has 1 saturated heterocycles. The van der Waals surface area contributed by atoms with E-state index >= 15 is 0 Å². The van der Waals surface area contributed by atoms with E-state index in [4.69, 9.17) is 42.3 Å². The molecule has 0 bridgehead atoms. The zero-order valence-corrected chi connectivity index (χ0v) is 23.4. The summed E-state index contributed by atoms with van der Waals surface area (Å²) in [6.45, 7) is 3.82. The van der Waals surface area contributed by atoms with Gasteiger partial charge in [-0.1, -0.05) is 36.4 Å². The molecule has 0 unspecified atom stereocenters. The maximum atomic E-state index is 13.7. The van der Waals surface area contributed by atoms with Gasteiger partial charge in [0.15, 0.2) is 18.3 Å². The number of phosphoric ester groups is 1. The predicted octanol–water partition coefficient (Wildman–Crippen LogP) is 3.28. The Kier molecular flexibility index (Phi) is 11.2. The molecule has 1 aliphatic rings. The summed E-state index contributed by atoms with van der Waals surface area (Å²) in [7, 11) is -4.65. The van der Waals surface area contributed by atoms with Crippen molar-refractivity contribution >= 4 is 31.7 Å². The van der Waals surface area contributed by atoms with Gasteiger partial charge in [-0.2, -0.15) is 4.89 Å². The molecule has 0 spiro atoms. The van der Waals surface area contributed by atoms with Gasteiger partial charge in [-0.15, -0.1) is 4.67 Å². The lowest BCUT2D eigenvalue weighted by Gasteiger charge is -2.43. The summed E-state index contributed by atoms with van der Waals surface area (Å²) in [6, 6.07) is 15.8. The third-order valence-electron chi connectivity index (χ3n) is 5.10. The number of rotatable bonds is 12. The Morgan fingerprint density at radius 3 is 1.61 bits per heavy atom. The smallest absolute Gasteiger partial charge is 0.463 e. The molecule has 1 fully saturated rings. The molecular weight excluding hydrogens is 567 g/mol. The molecule has 0 amide bonds. The van der Waals surface area contributed by atoms with Crippen molar-refractivity contribution in [3.8, 4) is 11.5 Å². The minimum atomic E-state index is -4.65. The van der Waals surface area contributed by atoms with Crippen LogP contribution in [0, 0.1) is 0 Å². The monoisotopic (exact) mass is 596 g/mol. The summed E-state index contributed by atoms with van der Waals surface area (Å²) in [4.78, 5) is 52.7. The van der Waals surface area contributed by atoms with E-state index in [9.17, 15) is 23.7 Å². The van der Waals surface area contributed by atoms with Gasteiger partial charge in [-0.25, -0.2) is 4.57 Å². The standard InChI is InChI=1S/C26H29O14P/c1-16(27)32-15-22-23(33-17(2)28)24(34-18(3)29)25(35-19(4)30)26(36-22)37-40-41(31,38-20-11-7-5-8-12-20)39-21-13-9-6-10-14-21/h5-14,22-26H,15H2,1-4H3/t22-,23+,24+,25-,26-/m1/s1. The van der Waals surface area contributed by atoms with Crippen molar-refractivity contribution in [2.75, 3.05) is 6.61 Å². The van der Waals surface area contributed by atoms with Crippen LogP contribution in [0.15, 0.2) is 60.7 Å². The minimum absolute atomic E-state index is 0.0944. The molecular formula is C26H29O14P. The van der Waals surface area contributed by atoms with Gasteiger partial charge in [-0.3, -0.25) is 19.2 Å². The van der Waals surface area contributed by atoms with Gasteiger partial charge in [0.2, 0.25) is 6.29 Å². The Hall–Kier alpha value is -3.97. The number of hydrogen-bond acceptors (Lipinski definition) is 14. The Morgan fingerprint density at radius 2 is 1.15 bits per heavy atom. The van der Waals surface area contributed by atoms with Crippen LogP contribution in [0.1, 0.15) is 27.7 Å². The van der Waals surface area contributed by atoms with Crippen LogP contribution < -0.4 is 9.05 Å². The third-order valence-corrected chi connectivity index (χ3v) is 6.24. The summed E-state index contributed by atoms with van der Waals surface area (Å²) in [6.07, 6.45) is -7.70. The van der Waals surface area contributed by atoms with Crippen LogP contribution in [0.4, 0.5) is 0 Å². The van der Waals surface area contributed by atoms with Gasteiger partial charge in [0.25, 0.3) is 0 Å². The van der Waals surface area contributed by atoms with Crippen LogP contribution in [0.2, 0.25) is 0 Å². The third kappa shape index (κ3) is 9.87. The van der Waals surface area contributed by atoms with E-state index in [1.54, 1.807) is 36.4 Å². The second-order valence-corrected chi connectivity index (χ2v) is 9.90. The normalized spacial score (nSPS) is 22.1. The zero-order valence-electron chi connectivity index (χ0n) is 22.5. The fraction of sp³-hybridized carbons (Fsp3) is 0.385. The average molecular weight is 596 g/mol. The molecule has 41 heavy (non-hydrogen) atoms. The van der Waals surface area contributed by atoms with Crippen molar-refractivity contribution < 1.29 is 66.0 Å². The number of para-hydroxylation sites is 2. The maximum Gasteiger partial charge on any atom is 0.615 e. The summed E-state index contributed by atoms with van der Waals surface area (Å²) in [5.74, 6) is -3.03. The zero-order chi connectivity index (χ0) is 30.0. The first-order valence-corrected chi connectivity index (χ1v) is 13.7. The molecule has 222 valence electrons. The van der Waals surface area contributed by atoms with E-state index in [-0.39, 0.29) is 11.5 Å². The van der Waals surface area contributed by atoms with E-state index < -0.39 is 69.0 Å². The Balaban J connectivity index is 1.95. The number of phosphoric acid groups is 1. The quantitative estimate of drug-likeness (QED) is 0.115. The van der Waals surface area contributed by atoms with Crippen LogP contribution in [0.25, 0.3) is 0 Å². The largest absolute Gasteiger partial charge is 0.615 e. The molecule has 0 aliphatic carbocycles. The molecule has 1 aliphatic heterocycles. The Morgan fingerprint density at radius 1 is 0.683 bits per heavy atom. The lowest BCUT2D eigenvalue weighted by atomic mass is 9.98. The first-order chi connectivity index (χ1) is 19.5. The highest BCUT2D eigenvalue weighted by molar-refractivity contribution is 7.49. The fourth-order valence-corrected chi connectivity index (χ4v) is 4.68. The van der Waals surface area contributed by atoms with Crippen LogP contribution in [0.5, 0.6) is 11.5 Å². The number of carbonyl (C=O) groups excluding carboxylic acids is 4. The van der Waals surface area contributed by atoms with Gasteiger partial charge in [-0.05, 0) is 24.3 Å². The second-order valence-electron chi connectivity index (χ2n) is 8.49. The predicted molar refractivity (Wildman–Crippen MR) is 136 cm³/mol. The summed E-state index contributed by atoms with van der Waals surface area (Å²) in [5.41, 5.74) is 0. The van der Waals surface area contributed by atoms with E-state index in [1.807, 2.05) is 0 Å². The molecule has 15 heteroatoms. The van der Waals surface area contributed by atoms with E-state index in [0.29, 0.717) is 0 Å². The van der Waals surface area contributed by atoms with Crippen molar-refractivity contribution in [3.05, 3.63) is 60.7 Å². The van der Waals surface area contributed by atoms with E-state index in [0.717, 1.165) is 27.7 Å². The average Bonchev–Trinajstić information content (AvgIpc) is 2.89. The Bertz CT molecular complexity index is 1190. The van der Waals surface area contributed by atoms with Gasteiger partial charge < -0.3 is 32.7 Å². The summed E-state index contributed by atoms with van der Waals surface area (Å²) in [5, 5.41) is 0. The lowest BCUT2D eigenvalue weighted by Crippen LogP contribution is -2.62. The van der Waals surface area contributed by atoms with Gasteiger partial charge >= 0.3 is 31.7 Å². The number of esters is 4. The van der Waals surface area contributed by atoms with Crippen molar-refractivity contribution in [1.82, 2.24) is 0 Å². The van der Waals surface area contributed by atoms with Crippen LogP contribution in [0.3, 0.4) is 0 Å². The fourth-order valence-electron chi connectivity index (χ4n) is 3.63. The summed E-state index contributed by atoms with van der Waals surface area (Å²) < 4.78 is 56.5. The van der Waals surface area contributed by atoms with Crippen LogP contribution in [-0.2, 0) is 57.0 Å². The highest BCUT2D eigenvalue weighted by Gasteiger charge is 2.54. The van der Waals surface area contributed by atoms with Crippen LogP contribution in [-0.4, -0.2) is 61.2 Å². The molecule has 2 aromatic carbocycles. The van der Waals surface area contributed by atoms with Gasteiger partial charge in [0.1, 0.15) is 24.2 Å². The highest BCUT2D eigenvalue weighted by Crippen LogP contribution is 2.50. The van der Waals surface area contributed by atoms with Crippen molar-refractivity contribution in [2.24, 2.45) is 0 Å². The summed E-state index contributed by atoms with van der Waals surface area (Å²) >= 11 is 0. The van der Waals surface area contributed by atoms with Crippen LogP contribution >= 0.6 is 7.82 Å². The Labute approximate surface area is 235 Å². The molecule has 0 radical (unpaired) electrons. The lowest BCUT2D eigenvalue weighted by molar-refractivity contribution is -0.391. The minimum Gasteiger partial charge on any atom is -0.463 e. The van der Waals surface area contributed by atoms with Gasteiger partial charge in [0, 0.05) is 27.7 Å². The molecule has 1 heterocycles. The van der Waals surface area contributed by atoms with Crippen molar-refractivity contribution in [2.45, 2.75) is 58.4 Å². The number of benzene rings is 2. The first-order valence-electron chi connectivity index (χ1n) is 12.2. The number of hydrogen-bond donors (Lipinski definition) is 0. The van der Waals surface area contributed by atoms with Gasteiger partial charge in [0.05, 0.1) is 0 Å². The molecule has 2 aromatic rings. The number of carbonyl (C=O) groups is 4. The molecule has 0 N–H and O–H groups in total. The molecule has 0 saturated carbocycles. The highest BCUT2D eigenvalue weighted by atomic mass is 31.2. The number of ether oxygens (including phenoxy) is 5. The molecule has 0 aromatic heterocycles. The SMILES string of the molecule is CC(=O)OC[C@H]1O[C@H](OOP(=O)(Oc2ccccc2)Oc2ccccc2)[C@H](OC(C)=O)[C@@H](OC(C)=O)[C@H]1OC(C)=O. The first kappa shape index (κ1) is 31.6. The van der Waals surface area contributed by atoms with Crippen molar-refractivity contribution in [3.63, 3.8) is 0 Å². The second kappa shape index (κ2) is 14.6. The van der Waals surface area contributed by atoms with E-state index in [1.165, 1.54) is 24.3 Å². The van der Waals surface area contributed by atoms with Crippen molar-refractivity contribution in [1.29, 1.82) is 0 Å². The topological polar surface area (TPSA) is 168 Å². The molecule has 5 atom stereocenters. The molecule has 3 rings (SSSR count). The molecule has 14 nitrogen and oxygen atoms in total. The van der Waals surface area contributed by atoms with E-state index in [2.05, 4.69) is 0 Å². The maximum absolute atomic E-state index is 13.7.